The number of hydrogen-bond acceptors (Lipinski definition) is 5. The first-order chi connectivity index (χ1) is 20.2. The summed E-state index contributed by atoms with van der Waals surface area (Å²) in [7, 11) is 0. The number of ether oxygens (including phenoxy) is 1. The van der Waals surface area contributed by atoms with Gasteiger partial charge in [0, 0.05) is 32.1 Å². The lowest BCUT2D eigenvalue weighted by Crippen LogP contribution is -2.40. The quantitative estimate of drug-likeness (QED) is 0.306. The Hall–Kier alpha value is -2.92. The van der Waals surface area contributed by atoms with Gasteiger partial charge in [-0.1, -0.05) is 19.3 Å². The number of rotatable bonds is 8. The average Bonchev–Trinajstić information content (AvgIpc) is 3.32. The lowest BCUT2D eigenvalue weighted by Gasteiger charge is -2.36. The van der Waals surface area contributed by atoms with Crippen molar-refractivity contribution in [2.24, 2.45) is 17.8 Å². The maximum Gasteiger partial charge on any atom is 0.408 e. The van der Waals surface area contributed by atoms with Crippen LogP contribution in [-0.2, 0) is 9.53 Å². The Balaban J connectivity index is 1.38. The summed E-state index contributed by atoms with van der Waals surface area (Å²) in [5, 5.41) is 10.6. The molecule has 0 aliphatic heterocycles. The van der Waals surface area contributed by atoms with Gasteiger partial charge in [0.1, 0.15) is 5.60 Å². The predicted octanol–water partition coefficient (Wildman–Crippen LogP) is 7.29. The predicted molar refractivity (Wildman–Crippen MR) is 152 cm³/mol. The van der Waals surface area contributed by atoms with Crippen molar-refractivity contribution in [3.05, 3.63) is 29.7 Å². The Kier molecular flexibility index (Phi) is 8.96. The molecule has 43 heavy (non-hydrogen) atoms. The highest BCUT2D eigenvalue weighted by Crippen LogP contribution is 2.44. The van der Waals surface area contributed by atoms with Crippen LogP contribution in [0.3, 0.4) is 0 Å². The van der Waals surface area contributed by atoms with Crippen molar-refractivity contribution in [1.82, 2.24) is 25.2 Å². The molecule has 8 nitrogen and oxygen atoms in total. The van der Waals surface area contributed by atoms with Crippen molar-refractivity contribution in [3.8, 4) is 0 Å². The number of hydrogen-bond donors (Lipinski definition) is 2. The third kappa shape index (κ3) is 8.17. The van der Waals surface area contributed by atoms with Gasteiger partial charge >= 0.3 is 6.09 Å². The van der Waals surface area contributed by atoms with Crippen LogP contribution >= 0.6 is 0 Å². The zero-order valence-corrected chi connectivity index (χ0v) is 25.2. The van der Waals surface area contributed by atoms with E-state index >= 15 is 0 Å². The molecule has 2 aromatic heterocycles. The number of amides is 2. The molecular weight excluding hydrogens is 566 g/mol. The van der Waals surface area contributed by atoms with Crippen LogP contribution in [0.2, 0.25) is 0 Å². The maximum atomic E-state index is 14.0. The number of carbonyl (C=O) groups is 2. The van der Waals surface area contributed by atoms with E-state index in [-0.39, 0.29) is 74.6 Å². The van der Waals surface area contributed by atoms with E-state index in [1.165, 1.54) is 0 Å². The third-order valence-electron chi connectivity index (χ3n) is 9.03. The van der Waals surface area contributed by atoms with Gasteiger partial charge in [-0.2, -0.15) is 5.10 Å². The second-order valence-corrected chi connectivity index (χ2v) is 13.9. The van der Waals surface area contributed by atoms with E-state index < -0.39 is 29.6 Å². The summed E-state index contributed by atoms with van der Waals surface area (Å²) in [5.41, 5.74) is 1.04. The molecule has 2 amide bonds. The number of nitrogens with zero attached hydrogens (tertiary/aromatic N) is 3. The topological polar surface area (TPSA) is 97.6 Å². The minimum atomic E-state index is -2.72. The monoisotopic (exact) mass is 609 g/mol. The average molecular weight is 610 g/mol. The van der Waals surface area contributed by atoms with Crippen LogP contribution in [-0.4, -0.2) is 44.0 Å². The molecule has 3 saturated carbocycles. The highest BCUT2D eigenvalue weighted by Gasteiger charge is 2.46. The standard InChI is InChI=1S/C31H43F4N5O3/c1-29(2,3)43-28(42)39-27(21-9-11-30(32,33)12-10-21)23-18-40-24(37-23)14-22(17-36-40)26(20-7-5-4-6-8-20)38-25(41)13-19-15-31(34,35)16-19/h14,17-21,26-27H,4-13,15-16H2,1-3H3,(H,38,41)(H,39,42)/t26-,27+/m1/s1. The van der Waals surface area contributed by atoms with E-state index in [1.54, 1.807) is 37.7 Å². The molecule has 3 aliphatic rings. The van der Waals surface area contributed by atoms with Crippen LogP contribution in [0.15, 0.2) is 18.5 Å². The van der Waals surface area contributed by atoms with Crippen LogP contribution in [0.5, 0.6) is 0 Å². The van der Waals surface area contributed by atoms with Gasteiger partial charge in [0.05, 0.1) is 30.2 Å². The summed E-state index contributed by atoms with van der Waals surface area (Å²) in [6.07, 6.45) is 7.32. The van der Waals surface area contributed by atoms with E-state index in [0.717, 1.165) is 37.7 Å². The van der Waals surface area contributed by atoms with E-state index in [4.69, 9.17) is 9.72 Å². The Bertz CT molecular complexity index is 1290. The largest absolute Gasteiger partial charge is 0.444 e. The molecule has 0 unspecified atom stereocenters. The fourth-order valence-corrected chi connectivity index (χ4v) is 6.86. The lowest BCUT2D eigenvalue weighted by atomic mass is 9.78. The Morgan fingerprint density at radius 2 is 1.63 bits per heavy atom. The molecule has 2 aromatic rings. The summed E-state index contributed by atoms with van der Waals surface area (Å²) in [6.45, 7) is 5.26. The lowest BCUT2D eigenvalue weighted by molar-refractivity contribution is -0.134. The summed E-state index contributed by atoms with van der Waals surface area (Å²) in [5.74, 6) is -6.02. The molecule has 0 saturated heterocycles. The first-order valence-corrected chi connectivity index (χ1v) is 15.6. The first kappa shape index (κ1) is 31.5. The van der Waals surface area contributed by atoms with E-state index in [2.05, 4.69) is 15.7 Å². The van der Waals surface area contributed by atoms with Crippen LogP contribution in [0.25, 0.3) is 5.65 Å². The smallest absolute Gasteiger partial charge is 0.408 e. The fourth-order valence-electron chi connectivity index (χ4n) is 6.86. The van der Waals surface area contributed by atoms with Crippen molar-refractivity contribution in [3.63, 3.8) is 0 Å². The number of nitrogens with one attached hydrogen (secondary N) is 2. The SMILES string of the molecule is CC(C)(C)OC(=O)N[C@H](c1cn2ncc([C@H](NC(=O)CC3CC(F)(F)C3)C3CCCCC3)cc2n1)C1CCC(F)(F)CC1. The summed E-state index contributed by atoms with van der Waals surface area (Å²) < 4.78 is 61.7. The number of imidazole rings is 1. The molecule has 0 spiro atoms. The zero-order chi connectivity index (χ0) is 31.0. The number of alkyl halides is 4. The molecular formula is C31H43F4N5O3. The van der Waals surface area contributed by atoms with E-state index in [9.17, 15) is 27.2 Å². The van der Waals surface area contributed by atoms with Crippen molar-refractivity contribution in [2.75, 3.05) is 0 Å². The highest BCUT2D eigenvalue weighted by atomic mass is 19.3. The second kappa shape index (κ2) is 12.2. The molecule has 2 heterocycles. The minimum Gasteiger partial charge on any atom is -0.444 e. The summed E-state index contributed by atoms with van der Waals surface area (Å²) in [4.78, 5) is 30.5. The third-order valence-corrected chi connectivity index (χ3v) is 9.03. The van der Waals surface area contributed by atoms with E-state index in [0.29, 0.717) is 11.3 Å². The highest BCUT2D eigenvalue weighted by molar-refractivity contribution is 5.77. The van der Waals surface area contributed by atoms with Gasteiger partial charge in [-0.3, -0.25) is 4.79 Å². The molecule has 2 atom stereocenters. The fraction of sp³-hybridized carbons (Fsp3) is 0.742. The number of aromatic nitrogens is 3. The first-order valence-electron chi connectivity index (χ1n) is 15.6. The van der Waals surface area contributed by atoms with Crippen LogP contribution in [0.4, 0.5) is 22.4 Å². The van der Waals surface area contributed by atoms with Gasteiger partial charge in [0.25, 0.3) is 0 Å². The number of carbonyl (C=O) groups excluding carboxylic acids is 2. The maximum absolute atomic E-state index is 14.0. The Morgan fingerprint density at radius 3 is 2.26 bits per heavy atom. The van der Waals surface area contributed by atoms with Crippen molar-refractivity contribution in [2.45, 2.75) is 127 Å². The number of halogens is 4. The molecule has 238 valence electrons. The van der Waals surface area contributed by atoms with Gasteiger partial charge in [-0.25, -0.2) is 31.9 Å². The molecule has 5 rings (SSSR count). The van der Waals surface area contributed by atoms with E-state index in [1.807, 2.05) is 6.07 Å². The van der Waals surface area contributed by atoms with Gasteiger partial charge in [0.2, 0.25) is 17.8 Å². The molecule has 3 aliphatic carbocycles. The Labute approximate surface area is 249 Å². The van der Waals surface area contributed by atoms with Crippen LogP contribution < -0.4 is 10.6 Å². The molecule has 2 N–H and O–H groups in total. The molecule has 0 radical (unpaired) electrons. The minimum absolute atomic E-state index is 0.0699. The zero-order valence-electron chi connectivity index (χ0n) is 25.2. The van der Waals surface area contributed by atoms with Gasteiger partial charge in [0.15, 0.2) is 5.65 Å². The second-order valence-electron chi connectivity index (χ2n) is 13.9. The molecule has 12 heteroatoms. The molecule has 3 fully saturated rings. The molecule has 0 bridgehead atoms. The van der Waals surface area contributed by atoms with Crippen LogP contribution in [0, 0.1) is 17.8 Å². The number of alkyl carbamates (subject to hydrolysis) is 1. The van der Waals surface area contributed by atoms with Crippen molar-refractivity contribution in [1.29, 1.82) is 0 Å². The van der Waals surface area contributed by atoms with Crippen molar-refractivity contribution >= 4 is 17.6 Å². The Morgan fingerprint density at radius 1 is 0.977 bits per heavy atom. The van der Waals surface area contributed by atoms with Gasteiger partial charge < -0.3 is 15.4 Å². The molecule has 0 aromatic carbocycles. The summed E-state index contributed by atoms with van der Waals surface area (Å²) in [6, 6.07) is 0.875. The van der Waals surface area contributed by atoms with Crippen molar-refractivity contribution < 1.29 is 31.9 Å². The normalized spacial score (nSPS) is 22.9. The van der Waals surface area contributed by atoms with Gasteiger partial charge in [-0.05, 0) is 75.8 Å². The number of fused-ring (bicyclic) bond motifs is 1. The van der Waals surface area contributed by atoms with Gasteiger partial charge in [-0.15, -0.1) is 0 Å². The van der Waals surface area contributed by atoms with Crippen LogP contribution in [0.1, 0.15) is 121 Å². The summed E-state index contributed by atoms with van der Waals surface area (Å²) >= 11 is 0.